The number of pyridine rings is 1. The van der Waals surface area contributed by atoms with Crippen LogP contribution in [0.4, 0.5) is 0 Å². The summed E-state index contributed by atoms with van der Waals surface area (Å²) < 4.78 is 0. The summed E-state index contributed by atoms with van der Waals surface area (Å²) in [7, 11) is 0. The first-order valence-electron chi connectivity index (χ1n) is 7.54. The number of halogens is 1. The molecule has 0 unspecified atom stereocenters. The van der Waals surface area contributed by atoms with Crippen LogP contribution in [0.2, 0.25) is 5.02 Å². The Morgan fingerprint density at radius 2 is 1.84 bits per heavy atom. The van der Waals surface area contributed by atoms with Gasteiger partial charge in [-0.15, -0.1) is 0 Å². The van der Waals surface area contributed by atoms with Gasteiger partial charge in [-0.1, -0.05) is 48.0 Å². The van der Waals surface area contributed by atoms with Crippen LogP contribution < -0.4 is 5.43 Å². The summed E-state index contributed by atoms with van der Waals surface area (Å²) in [4.78, 5) is 19.6. The minimum atomic E-state index is -0.285. The van der Waals surface area contributed by atoms with Crippen LogP contribution in [0.1, 0.15) is 0 Å². The zero-order chi connectivity index (χ0) is 17.4. The van der Waals surface area contributed by atoms with Crippen LogP contribution in [0.25, 0.3) is 33.4 Å². The van der Waals surface area contributed by atoms with E-state index in [1.54, 1.807) is 18.2 Å². The van der Waals surface area contributed by atoms with Gasteiger partial charge < -0.3 is 5.11 Å². The lowest BCUT2D eigenvalue weighted by Crippen LogP contribution is -2.02. The number of phenols is 1. The van der Waals surface area contributed by atoms with Crippen LogP contribution in [-0.2, 0) is 0 Å². The summed E-state index contributed by atoms with van der Waals surface area (Å²) in [6.07, 6.45) is 2.58. The molecule has 4 nitrogen and oxygen atoms in total. The lowest BCUT2D eigenvalue weighted by Gasteiger charge is -2.11. The van der Waals surface area contributed by atoms with Gasteiger partial charge in [-0.2, -0.15) is 0 Å². The Labute approximate surface area is 148 Å². The molecular weight excluding hydrogens is 336 g/mol. The normalized spacial score (nSPS) is 10.6. The van der Waals surface area contributed by atoms with Gasteiger partial charge in [0.1, 0.15) is 11.4 Å². The van der Waals surface area contributed by atoms with Crippen LogP contribution in [0.15, 0.2) is 59.4 Å². The molecule has 0 atom stereocenters. The number of H-pyrrole nitrogens is 1. The van der Waals surface area contributed by atoms with Gasteiger partial charge in [0.15, 0.2) is 0 Å². The zero-order valence-electron chi connectivity index (χ0n) is 12.9. The van der Waals surface area contributed by atoms with Crippen molar-refractivity contribution in [1.82, 2.24) is 9.97 Å². The van der Waals surface area contributed by atoms with E-state index in [0.29, 0.717) is 16.7 Å². The number of phenolic OH excluding ortho intramolecular Hbond substituents is 1. The third kappa shape index (κ3) is 2.71. The maximum Gasteiger partial charge on any atom is 0.241 e. The summed E-state index contributed by atoms with van der Waals surface area (Å²) in [6.45, 7) is 0. The largest absolute Gasteiger partial charge is 0.506 e. The second kappa shape index (κ2) is 5.97. The number of aromatic amines is 1. The predicted molar refractivity (Wildman–Crippen MR) is 97.6 cm³/mol. The molecule has 120 valence electrons. The first-order chi connectivity index (χ1) is 12.1. The van der Waals surface area contributed by atoms with E-state index in [-0.39, 0.29) is 16.2 Å². The molecule has 2 aromatic carbocycles. The Hall–Kier alpha value is -3.29. The predicted octanol–water partition coefficient (Wildman–Crippen LogP) is 4.22. The standard InChI is InChI=1S/C20H11ClN2O2/c21-16-10-13(6-7-18(16)25)14-11-15-17(24)8-9-22-20(15)23-19(14)12-4-2-1-3-5-12/h1-7,10-11,25H,(H,22,23). The van der Waals surface area contributed by atoms with E-state index in [1.165, 1.54) is 6.07 Å². The van der Waals surface area contributed by atoms with Gasteiger partial charge in [0.25, 0.3) is 0 Å². The van der Waals surface area contributed by atoms with E-state index in [2.05, 4.69) is 22.2 Å². The monoisotopic (exact) mass is 346 g/mol. The highest BCUT2D eigenvalue weighted by molar-refractivity contribution is 6.32. The summed E-state index contributed by atoms with van der Waals surface area (Å²) >= 11 is 6.06. The van der Waals surface area contributed by atoms with Crippen molar-refractivity contribution in [3.05, 3.63) is 82.1 Å². The van der Waals surface area contributed by atoms with Gasteiger partial charge in [0.2, 0.25) is 5.43 Å². The summed E-state index contributed by atoms with van der Waals surface area (Å²) in [6, 6.07) is 18.8. The smallest absolute Gasteiger partial charge is 0.241 e. The summed E-state index contributed by atoms with van der Waals surface area (Å²) in [5, 5.41) is 10.3. The average molecular weight is 347 g/mol. The first-order valence-corrected chi connectivity index (χ1v) is 7.92. The van der Waals surface area contributed by atoms with E-state index in [4.69, 9.17) is 11.6 Å². The molecule has 2 heterocycles. The Morgan fingerprint density at radius 1 is 1.04 bits per heavy atom. The minimum Gasteiger partial charge on any atom is -0.506 e. The van der Waals surface area contributed by atoms with Gasteiger partial charge in [-0.25, -0.2) is 4.98 Å². The Morgan fingerprint density at radius 3 is 2.60 bits per heavy atom. The molecule has 0 aliphatic carbocycles. The van der Waals surface area contributed by atoms with Crippen molar-refractivity contribution in [2.45, 2.75) is 0 Å². The maximum absolute atomic E-state index is 12.1. The van der Waals surface area contributed by atoms with Crippen molar-refractivity contribution in [2.75, 3.05) is 0 Å². The highest BCUT2D eigenvalue weighted by Crippen LogP contribution is 2.35. The number of hydrogen-bond donors (Lipinski definition) is 2. The Balaban J connectivity index is 2.08. The molecule has 0 saturated carbocycles. The molecule has 4 aromatic rings. The summed E-state index contributed by atoms with van der Waals surface area (Å²) in [5.41, 5.74) is 3.25. The maximum atomic E-state index is 12.1. The van der Waals surface area contributed by atoms with Crippen molar-refractivity contribution in [3.8, 4) is 28.1 Å². The molecule has 2 N–H and O–H groups in total. The highest BCUT2D eigenvalue weighted by atomic mass is 35.5. The topological polar surface area (TPSA) is 66.0 Å². The van der Waals surface area contributed by atoms with Crippen molar-refractivity contribution >= 4 is 22.6 Å². The van der Waals surface area contributed by atoms with E-state index >= 15 is 0 Å². The number of fused-ring (bicyclic) bond motifs is 1. The molecule has 4 rings (SSSR count). The fourth-order valence-corrected chi connectivity index (χ4v) is 2.89. The van der Waals surface area contributed by atoms with Gasteiger partial charge in [-0.05, 0) is 23.8 Å². The second-order valence-corrected chi connectivity index (χ2v) is 5.92. The SMILES string of the molecule is O=c1c#c[nH]c2nc(-c3ccccc3)c(-c3ccc(O)c(Cl)c3)cc12. The number of nitrogens with one attached hydrogen (secondary N) is 1. The molecule has 0 radical (unpaired) electrons. The van der Waals surface area contributed by atoms with Gasteiger partial charge in [0, 0.05) is 23.4 Å². The first kappa shape index (κ1) is 15.3. The number of rotatable bonds is 2. The van der Waals surface area contributed by atoms with Gasteiger partial charge in [0.05, 0.1) is 16.1 Å². The van der Waals surface area contributed by atoms with Gasteiger partial charge in [-0.3, -0.25) is 9.78 Å². The molecule has 0 spiro atoms. The van der Waals surface area contributed by atoms with Crippen LogP contribution in [0.5, 0.6) is 5.75 Å². The number of benzene rings is 2. The highest BCUT2D eigenvalue weighted by Gasteiger charge is 2.14. The van der Waals surface area contributed by atoms with E-state index in [9.17, 15) is 9.90 Å². The van der Waals surface area contributed by atoms with Crippen molar-refractivity contribution in [2.24, 2.45) is 0 Å². The third-order valence-electron chi connectivity index (χ3n) is 3.93. The van der Waals surface area contributed by atoms with Crippen LogP contribution in [-0.4, -0.2) is 15.1 Å². The van der Waals surface area contributed by atoms with E-state index in [1.807, 2.05) is 30.3 Å². The molecule has 5 heteroatoms. The quantitative estimate of drug-likeness (QED) is 0.571. The Bertz CT molecular complexity index is 1140. The van der Waals surface area contributed by atoms with Crippen LogP contribution >= 0.6 is 11.6 Å². The fourth-order valence-electron chi connectivity index (χ4n) is 2.71. The van der Waals surface area contributed by atoms with Crippen LogP contribution in [0, 0.1) is 12.3 Å². The molecule has 0 amide bonds. The van der Waals surface area contributed by atoms with Crippen molar-refractivity contribution in [3.63, 3.8) is 0 Å². The van der Waals surface area contributed by atoms with Crippen molar-refractivity contribution < 1.29 is 5.11 Å². The van der Waals surface area contributed by atoms with E-state index < -0.39 is 0 Å². The average Bonchev–Trinajstić information content (AvgIpc) is 2.64. The number of nitrogens with zero attached hydrogens (tertiary/aromatic N) is 1. The molecule has 0 fully saturated rings. The molecule has 0 saturated heterocycles. The summed E-state index contributed by atoms with van der Waals surface area (Å²) in [5.74, 6) is 0.00112. The molecule has 0 bridgehead atoms. The third-order valence-corrected chi connectivity index (χ3v) is 4.23. The van der Waals surface area contributed by atoms with Crippen LogP contribution in [0.3, 0.4) is 0 Å². The second-order valence-electron chi connectivity index (χ2n) is 5.52. The lowest BCUT2D eigenvalue weighted by molar-refractivity contribution is 0.475. The molecule has 0 aliphatic heterocycles. The van der Waals surface area contributed by atoms with E-state index in [0.717, 1.165) is 16.7 Å². The van der Waals surface area contributed by atoms with Crippen molar-refractivity contribution in [1.29, 1.82) is 0 Å². The molecular formula is C20H11ClN2O2. The number of hydrogen-bond acceptors (Lipinski definition) is 3. The molecule has 2 aromatic heterocycles. The Kier molecular flexibility index (Phi) is 3.64. The molecule has 25 heavy (non-hydrogen) atoms. The van der Waals surface area contributed by atoms with Gasteiger partial charge >= 0.3 is 0 Å². The zero-order valence-corrected chi connectivity index (χ0v) is 13.6. The number of aromatic nitrogens is 2. The minimum absolute atomic E-state index is 0.00112. The molecule has 0 aliphatic rings. The fraction of sp³-hybridized carbons (Fsp3) is 0. The lowest BCUT2D eigenvalue weighted by atomic mass is 9.98. The number of aromatic hydroxyl groups is 1.